The molecule has 0 saturated carbocycles. The maximum absolute atomic E-state index is 13.7. The van der Waals surface area contributed by atoms with E-state index in [1.807, 2.05) is 0 Å². The van der Waals surface area contributed by atoms with Crippen molar-refractivity contribution >= 4 is 5.91 Å². The van der Waals surface area contributed by atoms with Crippen molar-refractivity contribution in [3.05, 3.63) is 53.0 Å². The highest BCUT2D eigenvalue weighted by atomic mass is 19.1. The summed E-state index contributed by atoms with van der Waals surface area (Å²) in [6.07, 6.45) is 1.62. The van der Waals surface area contributed by atoms with Crippen LogP contribution < -0.4 is 11.1 Å². The largest absolute Gasteiger partial charge is 0.445 e. The lowest BCUT2D eigenvalue weighted by atomic mass is 10.1. The molecular formula is C13H14FN3O2. The summed E-state index contributed by atoms with van der Waals surface area (Å²) in [5.74, 6) is 0.168. The quantitative estimate of drug-likeness (QED) is 0.856. The van der Waals surface area contributed by atoms with Crippen LogP contribution >= 0.6 is 0 Å². The summed E-state index contributed by atoms with van der Waals surface area (Å²) in [5, 5.41) is 3.01. The van der Waals surface area contributed by atoms with Crippen molar-refractivity contribution in [3.63, 3.8) is 0 Å². The molecule has 0 aliphatic rings. The van der Waals surface area contributed by atoms with Crippen molar-refractivity contribution in [1.29, 1.82) is 0 Å². The van der Waals surface area contributed by atoms with Gasteiger partial charge in [0.25, 0.3) is 0 Å². The van der Waals surface area contributed by atoms with Gasteiger partial charge in [-0.1, -0.05) is 6.07 Å². The van der Waals surface area contributed by atoms with Crippen LogP contribution in [0, 0.1) is 12.7 Å². The van der Waals surface area contributed by atoms with Crippen LogP contribution in [0.5, 0.6) is 0 Å². The summed E-state index contributed by atoms with van der Waals surface area (Å²) in [5.41, 5.74) is 5.68. The third-order valence-electron chi connectivity index (χ3n) is 2.60. The van der Waals surface area contributed by atoms with Gasteiger partial charge in [0.1, 0.15) is 11.6 Å². The molecule has 3 N–H and O–H groups in total. The van der Waals surface area contributed by atoms with Crippen LogP contribution in [0.1, 0.15) is 27.6 Å². The molecule has 0 spiro atoms. The second kappa shape index (κ2) is 5.62. The molecular weight excluding hydrogens is 249 g/mol. The first-order valence-electron chi connectivity index (χ1n) is 5.76. The number of nitrogens with one attached hydrogen (secondary N) is 1. The number of benzene rings is 1. The normalized spacial score (nSPS) is 10.6. The number of aryl methyl sites for hydroxylation is 1. The summed E-state index contributed by atoms with van der Waals surface area (Å²) in [6.45, 7) is 2.52. The molecule has 0 unspecified atom stereocenters. The molecule has 5 nitrogen and oxygen atoms in total. The zero-order chi connectivity index (χ0) is 13.8. The third kappa shape index (κ3) is 3.38. The van der Waals surface area contributed by atoms with E-state index in [2.05, 4.69) is 10.3 Å². The van der Waals surface area contributed by atoms with E-state index in [1.54, 1.807) is 13.1 Å². The van der Waals surface area contributed by atoms with Crippen LogP contribution in [0.2, 0.25) is 0 Å². The summed E-state index contributed by atoms with van der Waals surface area (Å²) in [4.78, 5) is 14.9. The van der Waals surface area contributed by atoms with Gasteiger partial charge >= 0.3 is 0 Å². The Morgan fingerprint density at radius 3 is 2.84 bits per heavy atom. The lowest BCUT2D eigenvalue weighted by Gasteiger charge is -2.05. The van der Waals surface area contributed by atoms with Crippen LogP contribution in [-0.2, 0) is 13.1 Å². The number of aromatic nitrogens is 1. The summed E-state index contributed by atoms with van der Waals surface area (Å²) >= 11 is 0. The Kier molecular flexibility index (Phi) is 3.91. The fourth-order valence-electron chi connectivity index (χ4n) is 1.63. The molecule has 2 aromatic rings. The van der Waals surface area contributed by atoms with E-state index in [1.165, 1.54) is 12.1 Å². The van der Waals surface area contributed by atoms with Crippen molar-refractivity contribution in [2.24, 2.45) is 5.73 Å². The van der Waals surface area contributed by atoms with E-state index in [0.29, 0.717) is 24.5 Å². The number of carbonyl (C=O) groups excluding carboxylic acids is 1. The number of halogens is 1. The standard InChI is InChI=1S/C13H14FN3O2/c1-8-5-17-12(19-8)7-16-6-10-3-2-9(13(15)18)4-11(10)14/h2-5,16H,6-7H2,1H3,(H2,15,18). The molecule has 0 saturated heterocycles. The van der Waals surface area contributed by atoms with Gasteiger partial charge < -0.3 is 15.5 Å². The minimum Gasteiger partial charge on any atom is -0.445 e. The Morgan fingerprint density at radius 1 is 1.47 bits per heavy atom. The lowest BCUT2D eigenvalue weighted by molar-refractivity contribution is 0.1000. The van der Waals surface area contributed by atoms with Gasteiger partial charge in [-0.3, -0.25) is 4.79 Å². The second-order valence-electron chi connectivity index (χ2n) is 4.14. The number of hydrogen-bond donors (Lipinski definition) is 2. The molecule has 0 bridgehead atoms. The van der Waals surface area contributed by atoms with Crippen LogP contribution in [-0.4, -0.2) is 10.9 Å². The number of carbonyl (C=O) groups is 1. The van der Waals surface area contributed by atoms with Gasteiger partial charge in [0.15, 0.2) is 0 Å². The molecule has 2 rings (SSSR count). The van der Waals surface area contributed by atoms with Gasteiger partial charge in [-0.15, -0.1) is 0 Å². The Hall–Kier alpha value is -2.21. The SMILES string of the molecule is Cc1cnc(CNCc2ccc(C(N)=O)cc2F)o1. The molecule has 6 heteroatoms. The number of nitrogens with zero attached hydrogens (tertiary/aromatic N) is 1. The fourth-order valence-corrected chi connectivity index (χ4v) is 1.63. The number of amides is 1. The molecule has 19 heavy (non-hydrogen) atoms. The molecule has 1 aromatic carbocycles. The Morgan fingerprint density at radius 2 is 2.26 bits per heavy atom. The van der Waals surface area contributed by atoms with Gasteiger partial charge in [0.05, 0.1) is 12.7 Å². The number of oxazole rings is 1. The van der Waals surface area contributed by atoms with Crippen LogP contribution in [0.3, 0.4) is 0 Å². The zero-order valence-corrected chi connectivity index (χ0v) is 10.4. The molecule has 100 valence electrons. The van der Waals surface area contributed by atoms with Crippen LogP contribution in [0.25, 0.3) is 0 Å². The first-order chi connectivity index (χ1) is 9.06. The van der Waals surface area contributed by atoms with E-state index in [9.17, 15) is 9.18 Å². The van der Waals surface area contributed by atoms with E-state index >= 15 is 0 Å². The van der Waals surface area contributed by atoms with Crippen molar-refractivity contribution in [1.82, 2.24) is 10.3 Å². The minimum absolute atomic E-state index is 0.157. The molecule has 0 aliphatic heterocycles. The minimum atomic E-state index is -0.645. The molecule has 0 radical (unpaired) electrons. The molecule has 0 fully saturated rings. The molecule has 0 aliphatic carbocycles. The number of primary amides is 1. The van der Waals surface area contributed by atoms with E-state index < -0.39 is 11.7 Å². The highest BCUT2D eigenvalue weighted by molar-refractivity contribution is 5.92. The zero-order valence-electron chi connectivity index (χ0n) is 10.4. The number of nitrogens with two attached hydrogens (primary N) is 1. The Bertz CT molecular complexity index is 595. The van der Waals surface area contributed by atoms with Crippen molar-refractivity contribution in [3.8, 4) is 0 Å². The van der Waals surface area contributed by atoms with E-state index in [-0.39, 0.29) is 5.56 Å². The van der Waals surface area contributed by atoms with Crippen LogP contribution in [0.15, 0.2) is 28.8 Å². The highest BCUT2D eigenvalue weighted by Gasteiger charge is 2.07. The van der Waals surface area contributed by atoms with Gasteiger partial charge in [0.2, 0.25) is 11.8 Å². The first kappa shape index (κ1) is 13.2. The second-order valence-corrected chi connectivity index (χ2v) is 4.14. The molecule has 1 amide bonds. The molecule has 1 aromatic heterocycles. The maximum Gasteiger partial charge on any atom is 0.248 e. The topological polar surface area (TPSA) is 81.1 Å². The van der Waals surface area contributed by atoms with Gasteiger partial charge in [-0.05, 0) is 19.1 Å². The highest BCUT2D eigenvalue weighted by Crippen LogP contribution is 2.10. The average Bonchev–Trinajstić information content (AvgIpc) is 2.77. The lowest BCUT2D eigenvalue weighted by Crippen LogP contribution is -2.15. The summed E-state index contributed by atoms with van der Waals surface area (Å²) < 4.78 is 18.9. The smallest absolute Gasteiger partial charge is 0.248 e. The summed E-state index contributed by atoms with van der Waals surface area (Å²) in [6, 6.07) is 4.16. The predicted molar refractivity (Wildman–Crippen MR) is 66.7 cm³/mol. The molecule has 1 heterocycles. The van der Waals surface area contributed by atoms with Crippen molar-refractivity contribution in [2.75, 3.05) is 0 Å². The third-order valence-corrected chi connectivity index (χ3v) is 2.60. The Balaban J connectivity index is 1.94. The fraction of sp³-hybridized carbons (Fsp3) is 0.231. The van der Waals surface area contributed by atoms with E-state index in [4.69, 9.17) is 10.2 Å². The van der Waals surface area contributed by atoms with Gasteiger partial charge in [0, 0.05) is 17.7 Å². The number of rotatable bonds is 5. The van der Waals surface area contributed by atoms with E-state index in [0.717, 1.165) is 11.8 Å². The average molecular weight is 263 g/mol. The Labute approximate surface area is 109 Å². The maximum atomic E-state index is 13.7. The summed E-state index contributed by atoms with van der Waals surface area (Å²) in [7, 11) is 0. The first-order valence-corrected chi connectivity index (χ1v) is 5.76. The van der Waals surface area contributed by atoms with Gasteiger partial charge in [-0.2, -0.15) is 0 Å². The molecule has 0 atom stereocenters. The van der Waals surface area contributed by atoms with Crippen LogP contribution in [0.4, 0.5) is 4.39 Å². The predicted octanol–water partition coefficient (Wildman–Crippen LogP) is 1.51. The van der Waals surface area contributed by atoms with Crippen molar-refractivity contribution in [2.45, 2.75) is 20.0 Å². The van der Waals surface area contributed by atoms with Crippen molar-refractivity contribution < 1.29 is 13.6 Å². The number of hydrogen-bond acceptors (Lipinski definition) is 4. The van der Waals surface area contributed by atoms with Gasteiger partial charge in [-0.25, -0.2) is 9.37 Å². The monoisotopic (exact) mass is 263 g/mol.